The van der Waals surface area contributed by atoms with E-state index in [0.717, 1.165) is 25.6 Å². The summed E-state index contributed by atoms with van der Waals surface area (Å²) in [7, 11) is -1.47. The first-order chi connectivity index (χ1) is 7.55. The Balaban J connectivity index is 3.75. The summed E-state index contributed by atoms with van der Waals surface area (Å²) in [5, 5.41) is 17.7. The molecule has 2 N–H and O–H groups in total. The molecule has 0 saturated carbocycles. The van der Waals surface area contributed by atoms with Gasteiger partial charge in [-0.25, -0.2) is 0 Å². The normalized spacial score (nSPS) is 12.4. The van der Waals surface area contributed by atoms with Crippen molar-refractivity contribution in [3.05, 3.63) is 0 Å². The minimum absolute atomic E-state index is 0.159. The van der Waals surface area contributed by atoms with Crippen LogP contribution in [0.3, 0.4) is 0 Å². The SMILES string of the molecule is CCO[Si](C)(C)CCCN(CCO)CCO. The van der Waals surface area contributed by atoms with Crippen LogP contribution in [0, 0.1) is 0 Å². The molecule has 0 atom stereocenters. The predicted octanol–water partition coefficient (Wildman–Crippen LogP) is 0.905. The van der Waals surface area contributed by atoms with Crippen LogP contribution in [0.25, 0.3) is 0 Å². The highest BCUT2D eigenvalue weighted by Gasteiger charge is 2.21. The lowest BCUT2D eigenvalue weighted by Crippen LogP contribution is -2.34. The molecule has 16 heavy (non-hydrogen) atoms. The zero-order chi connectivity index (χ0) is 12.4. The molecule has 0 aromatic heterocycles. The van der Waals surface area contributed by atoms with Gasteiger partial charge >= 0.3 is 0 Å². The number of hydrogen-bond acceptors (Lipinski definition) is 4. The molecule has 0 saturated heterocycles. The molecule has 0 bridgehead atoms. The van der Waals surface area contributed by atoms with Crippen LogP contribution in [-0.2, 0) is 4.43 Å². The summed E-state index contributed by atoms with van der Waals surface area (Å²) < 4.78 is 5.75. The van der Waals surface area contributed by atoms with Gasteiger partial charge in [0.25, 0.3) is 0 Å². The second-order valence-electron chi connectivity index (χ2n) is 4.59. The number of hydrogen-bond donors (Lipinski definition) is 2. The van der Waals surface area contributed by atoms with E-state index in [2.05, 4.69) is 18.0 Å². The molecule has 0 radical (unpaired) electrons. The van der Waals surface area contributed by atoms with E-state index in [4.69, 9.17) is 14.6 Å². The predicted molar refractivity (Wildman–Crippen MR) is 69.1 cm³/mol. The van der Waals surface area contributed by atoms with Crippen LogP contribution in [0.5, 0.6) is 0 Å². The molecule has 0 amide bonds. The molecule has 98 valence electrons. The van der Waals surface area contributed by atoms with Crippen LogP contribution in [0.2, 0.25) is 19.1 Å². The van der Waals surface area contributed by atoms with Gasteiger partial charge in [-0.05, 0) is 39.0 Å². The molecule has 0 aromatic carbocycles. The van der Waals surface area contributed by atoms with E-state index in [1.807, 2.05) is 6.92 Å². The van der Waals surface area contributed by atoms with Crippen molar-refractivity contribution in [2.45, 2.75) is 32.5 Å². The van der Waals surface area contributed by atoms with E-state index in [1.165, 1.54) is 0 Å². The van der Waals surface area contributed by atoms with Gasteiger partial charge in [-0.1, -0.05) is 0 Å². The van der Waals surface area contributed by atoms with E-state index in [9.17, 15) is 0 Å². The maximum absolute atomic E-state index is 8.87. The Bertz CT molecular complexity index is 161. The topological polar surface area (TPSA) is 52.9 Å². The van der Waals surface area contributed by atoms with Gasteiger partial charge in [-0.2, -0.15) is 0 Å². The van der Waals surface area contributed by atoms with E-state index in [1.54, 1.807) is 0 Å². The lowest BCUT2D eigenvalue weighted by molar-refractivity contribution is 0.161. The Morgan fingerprint density at radius 1 is 1.06 bits per heavy atom. The van der Waals surface area contributed by atoms with Crippen LogP contribution in [0.15, 0.2) is 0 Å². The molecule has 0 spiro atoms. The van der Waals surface area contributed by atoms with Crippen molar-refractivity contribution in [2.24, 2.45) is 0 Å². The maximum Gasteiger partial charge on any atom is 0.186 e. The van der Waals surface area contributed by atoms with Crippen LogP contribution < -0.4 is 0 Å². The molecule has 5 heteroatoms. The summed E-state index contributed by atoms with van der Waals surface area (Å²) >= 11 is 0. The molecule has 0 aromatic rings. The van der Waals surface area contributed by atoms with Crippen molar-refractivity contribution >= 4 is 8.32 Å². The van der Waals surface area contributed by atoms with Gasteiger partial charge in [0.15, 0.2) is 8.32 Å². The zero-order valence-corrected chi connectivity index (χ0v) is 11.9. The summed E-state index contributed by atoms with van der Waals surface area (Å²) in [6.45, 7) is 9.87. The van der Waals surface area contributed by atoms with Gasteiger partial charge < -0.3 is 14.6 Å². The number of rotatable bonds is 10. The number of aliphatic hydroxyl groups is 2. The Morgan fingerprint density at radius 2 is 1.62 bits per heavy atom. The molecule has 0 aliphatic carbocycles. The third-order valence-electron chi connectivity index (χ3n) is 2.62. The molecule has 0 heterocycles. The molecule has 0 fully saturated rings. The Kier molecular flexibility index (Phi) is 9.16. The fourth-order valence-electron chi connectivity index (χ4n) is 1.81. The van der Waals surface area contributed by atoms with E-state index in [-0.39, 0.29) is 13.2 Å². The largest absolute Gasteiger partial charge is 0.418 e. The second-order valence-corrected chi connectivity index (χ2v) is 8.89. The summed E-state index contributed by atoms with van der Waals surface area (Å²) in [6, 6.07) is 1.13. The van der Waals surface area contributed by atoms with Crippen molar-refractivity contribution < 1.29 is 14.6 Å². The highest BCUT2D eigenvalue weighted by Crippen LogP contribution is 2.13. The van der Waals surface area contributed by atoms with Crippen LogP contribution in [0.1, 0.15) is 13.3 Å². The average molecular weight is 249 g/mol. The molecule has 0 aliphatic heterocycles. The van der Waals surface area contributed by atoms with Crippen molar-refractivity contribution in [1.29, 1.82) is 0 Å². The summed E-state index contributed by atoms with van der Waals surface area (Å²) in [4.78, 5) is 2.09. The first-order valence-corrected chi connectivity index (χ1v) is 9.25. The van der Waals surface area contributed by atoms with Crippen molar-refractivity contribution in [3.8, 4) is 0 Å². The summed E-state index contributed by atoms with van der Waals surface area (Å²) in [5.41, 5.74) is 0. The lowest BCUT2D eigenvalue weighted by atomic mass is 10.4. The van der Waals surface area contributed by atoms with Crippen molar-refractivity contribution in [1.82, 2.24) is 4.90 Å². The quantitative estimate of drug-likeness (QED) is 0.565. The first-order valence-electron chi connectivity index (χ1n) is 6.13. The van der Waals surface area contributed by atoms with E-state index < -0.39 is 8.32 Å². The third kappa shape index (κ3) is 8.24. The number of aliphatic hydroxyl groups excluding tert-OH is 2. The van der Waals surface area contributed by atoms with Crippen molar-refractivity contribution in [3.63, 3.8) is 0 Å². The molecule has 0 unspecified atom stereocenters. The highest BCUT2D eigenvalue weighted by atomic mass is 28.4. The molecular formula is C11H27NO3Si. The molecular weight excluding hydrogens is 222 g/mol. The Morgan fingerprint density at radius 3 is 2.06 bits per heavy atom. The maximum atomic E-state index is 8.87. The van der Waals surface area contributed by atoms with Crippen LogP contribution in [-0.4, -0.2) is 62.9 Å². The Hall–Kier alpha value is 0.0569. The average Bonchev–Trinajstić information content (AvgIpc) is 2.18. The minimum Gasteiger partial charge on any atom is -0.418 e. The van der Waals surface area contributed by atoms with Crippen LogP contribution >= 0.6 is 0 Å². The molecule has 4 nitrogen and oxygen atoms in total. The number of nitrogens with zero attached hydrogens (tertiary/aromatic N) is 1. The fourth-order valence-corrected chi connectivity index (χ4v) is 3.74. The van der Waals surface area contributed by atoms with E-state index >= 15 is 0 Å². The standard InChI is InChI=1S/C11H27NO3Si/c1-4-15-16(2,3)11-5-6-12(7-9-13)8-10-14/h13-14H,4-11H2,1-3H3. The smallest absolute Gasteiger partial charge is 0.186 e. The highest BCUT2D eigenvalue weighted by molar-refractivity contribution is 6.71. The van der Waals surface area contributed by atoms with Gasteiger partial charge in [-0.15, -0.1) is 0 Å². The zero-order valence-electron chi connectivity index (χ0n) is 10.9. The summed E-state index contributed by atoms with van der Waals surface area (Å²) in [6.07, 6.45) is 1.08. The van der Waals surface area contributed by atoms with Gasteiger partial charge in [0.05, 0.1) is 13.2 Å². The molecule has 0 rings (SSSR count). The minimum atomic E-state index is -1.47. The van der Waals surface area contributed by atoms with Gasteiger partial charge in [0.1, 0.15) is 0 Å². The van der Waals surface area contributed by atoms with Gasteiger partial charge in [0.2, 0.25) is 0 Å². The Labute approximate surface area is 100 Å². The molecule has 0 aliphatic rings. The fraction of sp³-hybridized carbons (Fsp3) is 1.00. The van der Waals surface area contributed by atoms with Crippen LogP contribution in [0.4, 0.5) is 0 Å². The third-order valence-corrected chi connectivity index (χ3v) is 5.25. The second kappa shape index (κ2) is 9.12. The lowest BCUT2D eigenvalue weighted by Gasteiger charge is -2.25. The summed E-state index contributed by atoms with van der Waals surface area (Å²) in [5.74, 6) is 0. The van der Waals surface area contributed by atoms with E-state index in [0.29, 0.717) is 13.1 Å². The van der Waals surface area contributed by atoms with Gasteiger partial charge in [0, 0.05) is 19.7 Å². The monoisotopic (exact) mass is 249 g/mol. The van der Waals surface area contributed by atoms with Gasteiger partial charge in [-0.3, -0.25) is 4.90 Å². The first kappa shape index (κ1) is 16.1. The van der Waals surface area contributed by atoms with Crippen molar-refractivity contribution in [2.75, 3.05) is 39.5 Å².